The van der Waals surface area contributed by atoms with Crippen LogP contribution in [0.4, 0.5) is 0 Å². The van der Waals surface area contributed by atoms with Crippen molar-refractivity contribution in [1.29, 1.82) is 0 Å². The highest BCUT2D eigenvalue weighted by Gasteiger charge is 2.29. The molecule has 0 saturated heterocycles. The minimum absolute atomic E-state index is 0.430. The molecule has 0 amide bonds. The second kappa shape index (κ2) is 7.34. The van der Waals surface area contributed by atoms with Gasteiger partial charge in [0.05, 0.1) is 5.69 Å². The van der Waals surface area contributed by atoms with Crippen LogP contribution >= 0.6 is 11.8 Å². The van der Waals surface area contributed by atoms with E-state index < -0.39 is 0 Å². The van der Waals surface area contributed by atoms with Gasteiger partial charge in [0.1, 0.15) is 0 Å². The van der Waals surface area contributed by atoms with Gasteiger partial charge < -0.3 is 5.32 Å². The molecule has 0 aromatic carbocycles. The van der Waals surface area contributed by atoms with Gasteiger partial charge in [0, 0.05) is 31.1 Å². The highest BCUT2D eigenvalue weighted by Crippen LogP contribution is 2.34. The van der Waals surface area contributed by atoms with Crippen LogP contribution < -0.4 is 5.32 Å². The Morgan fingerprint density at radius 3 is 2.62 bits per heavy atom. The van der Waals surface area contributed by atoms with Gasteiger partial charge in [0.15, 0.2) is 5.17 Å². The van der Waals surface area contributed by atoms with Crippen LogP contribution in [0.25, 0.3) is 0 Å². The third kappa shape index (κ3) is 4.25. The van der Waals surface area contributed by atoms with E-state index in [1.807, 2.05) is 18.7 Å². The van der Waals surface area contributed by atoms with Crippen molar-refractivity contribution in [3.8, 4) is 0 Å². The monoisotopic (exact) mass is 308 g/mol. The normalized spacial score (nSPS) is 17.6. The summed E-state index contributed by atoms with van der Waals surface area (Å²) in [6, 6.07) is 2.13. The van der Waals surface area contributed by atoms with Crippen molar-refractivity contribution in [2.24, 2.45) is 10.4 Å². The van der Waals surface area contributed by atoms with Gasteiger partial charge in [-0.2, -0.15) is 5.10 Å². The quantitative estimate of drug-likeness (QED) is 0.819. The van der Waals surface area contributed by atoms with Crippen LogP contribution in [0.15, 0.2) is 11.1 Å². The van der Waals surface area contributed by atoms with Crippen molar-refractivity contribution in [3.05, 3.63) is 17.5 Å². The number of aryl methyl sites for hydroxylation is 3. The number of nitrogens with zero attached hydrogens (tertiary/aromatic N) is 3. The molecule has 1 aromatic rings. The number of hydrogen-bond donors (Lipinski definition) is 1. The van der Waals surface area contributed by atoms with Crippen molar-refractivity contribution in [2.45, 2.75) is 53.5 Å². The van der Waals surface area contributed by atoms with Crippen molar-refractivity contribution < 1.29 is 0 Å². The Kier molecular flexibility index (Phi) is 5.73. The summed E-state index contributed by atoms with van der Waals surface area (Å²) in [5.74, 6) is 1.20. The van der Waals surface area contributed by atoms with E-state index in [-0.39, 0.29) is 0 Å². The maximum Gasteiger partial charge on any atom is 0.156 e. The summed E-state index contributed by atoms with van der Waals surface area (Å²) in [4.78, 5) is 4.74. The molecule has 1 aromatic heterocycles. The van der Waals surface area contributed by atoms with E-state index in [0.717, 1.165) is 36.9 Å². The van der Waals surface area contributed by atoms with Gasteiger partial charge in [-0.1, -0.05) is 25.6 Å². The third-order valence-corrected chi connectivity index (χ3v) is 5.80. The summed E-state index contributed by atoms with van der Waals surface area (Å²) in [5.41, 5.74) is 2.77. The number of aliphatic imine (C=N–C) groups is 1. The summed E-state index contributed by atoms with van der Waals surface area (Å²) in [7, 11) is 0. The molecule has 0 saturated carbocycles. The average Bonchev–Trinajstić information content (AvgIpc) is 2.82. The predicted molar refractivity (Wildman–Crippen MR) is 92.1 cm³/mol. The van der Waals surface area contributed by atoms with E-state index in [1.165, 1.54) is 24.3 Å². The molecule has 2 rings (SSSR count). The Labute approximate surface area is 132 Å². The van der Waals surface area contributed by atoms with E-state index in [1.54, 1.807) is 0 Å². The minimum atomic E-state index is 0.430. The van der Waals surface area contributed by atoms with E-state index in [9.17, 15) is 0 Å². The van der Waals surface area contributed by atoms with Crippen LogP contribution in [0.2, 0.25) is 0 Å². The Morgan fingerprint density at radius 2 is 2.10 bits per heavy atom. The standard InChI is InChI=1S/C16H28N4S/c1-5-16(6-2)11-18-15(21-12-16)17-8-7-9-20-14(4)10-13(3)19-20/h10H,5-9,11-12H2,1-4H3,(H,17,18). The summed E-state index contributed by atoms with van der Waals surface area (Å²) in [6.45, 7) is 11.6. The number of thioether (sulfide) groups is 1. The lowest BCUT2D eigenvalue weighted by atomic mass is 9.84. The maximum absolute atomic E-state index is 4.74. The number of hydrogen-bond acceptors (Lipinski definition) is 4. The van der Waals surface area contributed by atoms with Crippen molar-refractivity contribution >= 4 is 16.9 Å². The zero-order valence-corrected chi connectivity index (χ0v) is 14.6. The van der Waals surface area contributed by atoms with Gasteiger partial charge in [-0.05, 0) is 44.6 Å². The van der Waals surface area contributed by atoms with Crippen LogP contribution in [0, 0.1) is 19.3 Å². The molecule has 5 heteroatoms. The van der Waals surface area contributed by atoms with E-state index in [0.29, 0.717) is 5.41 Å². The van der Waals surface area contributed by atoms with Crippen molar-refractivity contribution in [3.63, 3.8) is 0 Å². The Morgan fingerprint density at radius 1 is 1.33 bits per heavy atom. The molecule has 4 nitrogen and oxygen atoms in total. The summed E-state index contributed by atoms with van der Waals surface area (Å²) in [5, 5.41) is 9.09. The highest BCUT2D eigenvalue weighted by atomic mass is 32.2. The molecular weight excluding hydrogens is 280 g/mol. The first-order valence-electron chi connectivity index (χ1n) is 8.01. The number of amidine groups is 1. The number of rotatable bonds is 6. The molecule has 0 radical (unpaired) electrons. The molecule has 0 bridgehead atoms. The van der Waals surface area contributed by atoms with E-state index >= 15 is 0 Å². The Bertz CT molecular complexity index is 488. The van der Waals surface area contributed by atoms with E-state index in [4.69, 9.17) is 4.99 Å². The molecular formula is C16H28N4S. The Hall–Kier alpha value is -0.970. The first-order valence-corrected chi connectivity index (χ1v) is 8.99. The predicted octanol–water partition coefficient (Wildman–Crippen LogP) is 3.39. The molecule has 1 N–H and O–H groups in total. The fraction of sp³-hybridized carbons (Fsp3) is 0.750. The number of aromatic nitrogens is 2. The van der Waals surface area contributed by atoms with Gasteiger partial charge in [0.2, 0.25) is 0 Å². The first kappa shape index (κ1) is 16.4. The molecule has 1 aliphatic heterocycles. The molecule has 21 heavy (non-hydrogen) atoms. The van der Waals surface area contributed by atoms with Crippen LogP contribution in [0.3, 0.4) is 0 Å². The lowest BCUT2D eigenvalue weighted by Crippen LogP contribution is -2.35. The van der Waals surface area contributed by atoms with Gasteiger partial charge in [0.25, 0.3) is 0 Å². The molecule has 0 fully saturated rings. The lowest BCUT2D eigenvalue weighted by Gasteiger charge is -2.33. The van der Waals surface area contributed by atoms with Gasteiger partial charge in [-0.25, -0.2) is 0 Å². The first-order chi connectivity index (χ1) is 10.1. The highest BCUT2D eigenvalue weighted by molar-refractivity contribution is 8.13. The SMILES string of the molecule is CCC1(CC)CN=C(NCCCn2nc(C)cc2C)SC1. The minimum Gasteiger partial charge on any atom is -0.365 e. The topological polar surface area (TPSA) is 42.2 Å². The van der Waals surface area contributed by atoms with Crippen LogP contribution in [-0.4, -0.2) is 33.8 Å². The van der Waals surface area contributed by atoms with Crippen molar-refractivity contribution in [2.75, 3.05) is 18.8 Å². The lowest BCUT2D eigenvalue weighted by molar-refractivity contribution is 0.318. The van der Waals surface area contributed by atoms with Crippen LogP contribution in [0.1, 0.15) is 44.5 Å². The summed E-state index contributed by atoms with van der Waals surface area (Å²) < 4.78 is 2.09. The largest absolute Gasteiger partial charge is 0.365 e. The zero-order valence-electron chi connectivity index (χ0n) is 13.8. The second-order valence-corrected chi connectivity index (χ2v) is 7.01. The van der Waals surface area contributed by atoms with Gasteiger partial charge in [-0.3, -0.25) is 9.67 Å². The zero-order chi connectivity index (χ0) is 15.3. The molecule has 0 spiro atoms. The van der Waals surface area contributed by atoms with Crippen LogP contribution in [-0.2, 0) is 6.54 Å². The van der Waals surface area contributed by atoms with E-state index in [2.05, 4.69) is 41.9 Å². The molecule has 118 valence electrons. The molecule has 2 heterocycles. The molecule has 1 aliphatic rings. The Balaban J connectivity index is 1.72. The molecule has 0 unspecified atom stereocenters. The van der Waals surface area contributed by atoms with Crippen molar-refractivity contribution in [1.82, 2.24) is 15.1 Å². The number of nitrogens with one attached hydrogen (secondary N) is 1. The maximum atomic E-state index is 4.74. The smallest absolute Gasteiger partial charge is 0.156 e. The fourth-order valence-electron chi connectivity index (χ4n) is 2.66. The average molecular weight is 308 g/mol. The van der Waals surface area contributed by atoms with Gasteiger partial charge in [-0.15, -0.1) is 0 Å². The molecule has 0 atom stereocenters. The van der Waals surface area contributed by atoms with Crippen LogP contribution in [0.5, 0.6) is 0 Å². The fourth-order valence-corrected chi connectivity index (χ4v) is 3.96. The summed E-state index contributed by atoms with van der Waals surface area (Å²) >= 11 is 1.89. The second-order valence-electron chi connectivity index (χ2n) is 6.05. The third-order valence-electron chi connectivity index (χ3n) is 4.50. The van der Waals surface area contributed by atoms with Gasteiger partial charge >= 0.3 is 0 Å². The molecule has 0 aliphatic carbocycles. The summed E-state index contributed by atoms with van der Waals surface area (Å²) in [6.07, 6.45) is 3.53.